The van der Waals surface area contributed by atoms with Gasteiger partial charge in [-0.3, -0.25) is 4.79 Å². The molecule has 0 fully saturated rings. The second kappa shape index (κ2) is 5.68. The summed E-state index contributed by atoms with van der Waals surface area (Å²) >= 11 is 0. The van der Waals surface area contributed by atoms with Crippen molar-refractivity contribution < 1.29 is 14.7 Å². The molecular formula is C12H19N3O3. The maximum Gasteiger partial charge on any atom is 0.352 e. The number of amides is 1. The Labute approximate surface area is 106 Å². The highest BCUT2D eigenvalue weighted by atomic mass is 16.4. The van der Waals surface area contributed by atoms with E-state index in [1.165, 1.54) is 6.07 Å². The fourth-order valence-corrected chi connectivity index (χ4v) is 1.56. The Morgan fingerprint density at radius 2 is 2.06 bits per heavy atom. The normalized spacial score (nSPS) is 12.5. The van der Waals surface area contributed by atoms with Crippen LogP contribution in [0.15, 0.2) is 12.3 Å². The second-order valence-electron chi connectivity index (χ2n) is 4.74. The van der Waals surface area contributed by atoms with E-state index in [1.807, 2.05) is 13.8 Å². The molecule has 0 radical (unpaired) electrons. The lowest BCUT2D eigenvalue weighted by Crippen LogP contribution is -2.32. The topological polar surface area (TPSA) is 97.4 Å². The first kappa shape index (κ1) is 14.2. The zero-order valence-corrected chi connectivity index (χ0v) is 10.8. The molecule has 1 aromatic heterocycles. The van der Waals surface area contributed by atoms with Gasteiger partial charge in [0.15, 0.2) is 0 Å². The van der Waals surface area contributed by atoms with Gasteiger partial charge in [-0.15, -0.1) is 0 Å². The Balaban J connectivity index is 2.95. The van der Waals surface area contributed by atoms with Crippen LogP contribution in [-0.4, -0.2) is 27.6 Å². The lowest BCUT2D eigenvalue weighted by atomic mass is 10.2. The number of aromatic nitrogens is 1. The van der Waals surface area contributed by atoms with E-state index in [-0.39, 0.29) is 11.6 Å². The molecule has 0 aliphatic heterocycles. The molecule has 0 saturated carbocycles. The average molecular weight is 253 g/mol. The van der Waals surface area contributed by atoms with Crippen molar-refractivity contribution in [3.05, 3.63) is 18.0 Å². The van der Waals surface area contributed by atoms with Crippen LogP contribution in [0.3, 0.4) is 0 Å². The van der Waals surface area contributed by atoms with Gasteiger partial charge in [0.25, 0.3) is 0 Å². The van der Waals surface area contributed by atoms with Gasteiger partial charge in [-0.1, -0.05) is 13.8 Å². The Kier molecular flexibility index (Phi) is 4.49. The molecule has 0 aliphatic rings. The largest absolute Gasteiger partial charge is 0.477 e. The molecule has 4 N–H and O–H groups in total. The van der Waals surface area contributed by atoms with Gasteiger partial charge in [0.2, 0.25) is 5.91 Å². The number of nitrogens with one attached hydrogen (secondary N) is 1. The zero-order valence-electron chi connectivity index (χ0n) is 10.8. The number of rotatable bonds is 5. The number of carboxylic acids is 1. The van der Waals surface area contributed by atoms with Gasteiger partial charge in [0.1, 0.15) is 5.69 Å². The van der Waals surface area contributed by atoms with E-state index in [4.69, 9.17) is 10.8 Å². The number of nitrogens with two attached hydrogens (primary N) is 1. The minimum absolute atomic E-state index is 0.156. The van der Waals surface area contributed by atoms with Crippen molar-refractivity contribution in [2.24, 2.45) is 11.7 Å². The van der Waals surface area contributed by atoms with Crippen molar-refractivity contribution in [3.63, 3.8) is 0 Å². The first-order chi connectivity index (χ1) is 8.31. The van der Waals surface area contributed by atoms with Crippen molar-refractivity contribution in [1.29, 1.82) is 0 Å². The number of carboxylic acid groups (broad SMARTS) is 1. The third-order valence-corrected chi connectivity index (χ3v) is 2.36. The predicted molar refractivity (Wildman–Crippen MR) is 68.5 cm³/mol. The summed E-state index contributed by atoms with van der Waals surface area (Å²) in [4.78, 5) is 22.5. The van der Waals surface area contributed by atoms with Crippen LogP contribution in [0.1, 0.15) is 31.3 Å². The van der Waals surface area contributed by atoms with Crippen molar-refractivity contribution in [1.82, 2.24) is 4.57 Å². The Hall–Kier alpha value is -1.82. The number of carbonyl (C=O) groups is 2. The number of hydrogen-bond donors (Lipinski definition) is 3. The number of aromatic carboxylic acids is 1. The van der Waals surface area contributed by atoms with E-state index in [1.54, 1.807) is 17.7 Å². The number of hydrogen-bond acceptors (Lipinski definition) is 3. The fraction of sp³-hybridized carbons (Fsp3) is 0.500. The smallest absolute Gasteiger partial charge is 0.352 e. The molecule has 1 atom stereocenters. The van der Waals surface area contributed by atoms with Crippen molar-refractivity contribution in [3.8, 4) is 0 Å². The van der Waals surface area contributed by atoms with E-state index < -0.39 is 12.0 Å². The molecule has 0 spiro atoms. The quantitative estimate of drug-likeness (QED) is 0.732. The summed E-state index contributed by atoms with van der Waals surface area (Å²) in [6, 6.07) is 0.803. The molecule has 100 valence electrons. The van der Waals surface area contributed by atoms with Crippen LogP contribution in [0, 0.1) is 5.92 Å². The summed E-state index contributed by atoms with van der Waals surface area (Å²) in [6.07, 6.45) is 1.61. The SMILES string of the molecule is CC(C)Cn1cc(NC(=O)C(C)N)cc1C(=O)O. The van der Waals surface area contributed by atoms with E-state index in [0.29, 0.717) is 18.2 Å². The Morgan fingerprint density at radius 3 is 2.50 bits per heavy atom. The van der Waals surface area contributed by atoms with E-state index in [2.05, 4.69) is 5.32 Å². The monoisotopic (exact) mass is 253 g/mol. The minimum atomic E-state index is -1.02. The van der Waals surface area contributed by atoms with Crippen LogP contribution in [0.4, 0.5) is 5.69 Å². The van der Waals surface area contributed by atoms with Crippen LogP contribution < -0.4 is 11.1 Å². The van der Waals surface area contributed by atoms with Crippen LogP contribution in [0.2, 0.25) is 0 Å². The molecule has 1 rings (SSSR count). The van der Waals surface area contributed by atoms with Gasteiger partial charge in [-0.2, -0.15) is 0 Å². The summed E-state index contributed by atoms with van der Waals surface area (Å²) < 4.78 is 1.61. The molecule has 1 heterocycles. The predicted octanol–water partition coefficient (Wildman–Crippen LogP) is 1.13. The molecule has 0 aliphatic carbocycles. The number of carbonyl (C=O) groups excluding carboxylic acids is 1. The average Bonchev–Trinajstić information content (AvgIpc) is 2.59. The zero-order chi connectivity index (χ0) is 13.9. The molecular weight excluding hydrogens is 234 g/mol. The summed E-state index contributed by atoms with van der Waals surface area (Å²) in [5, 5.41) is 11.7. The Bertz CT molecular complexity index is 449. The summed E-state index contributed by atoms with van der Waals surface area (Å²) in [6.45, 7) is 6.13. The summed E-state index contributed by atoms with van der Waals surface area (Å²) in [7, 11) is 0. The van der Waals surface area contributed by atoms with Gasteiger partial charge in [0, 0.05) is 12.7 Å². The van der Waals surface area contributed by atoms with Crippen LogP contribution in [0.25, 0.3) is 0 Å². The minimum Gasteiger partial charge on any atom is -0.477 e. The maximum absolute atomic E-state index is 11.4. The highest BCUT2D eigenvalue weighted by molar-refractivity contribution is 5.96. The van der Waals surface area contributed by atoms with Gasteiger partial charge < -0.3 is 20.7 Å². The molecule has 0 aromatic carbocycles. The van der Waals surface area contributed by atoms with E-state index in [9.17, 15) is 9.59 Å². The van der Waals surface area contributed by atoms with Crippen molar-refractivity contribution in [2.45, 2.75) is 33.4 Å². The van der Waals surface area contributed by atoms with Crippen molar-refractivity contribution >= 4 is 17.6 Å². The molecule has 6 nitrogen and oxygen atoms in total. The second-order valence-corrected chi connectivity index (χ2v) is 4.74. The van der Waals surface area contributed by atoms with Gasteiger partial charge >= 0.3 is 5.97 Å². The fourth-order valence-electron chi connectivity index (χ4n) is 1.56. The molecule has 6 heteroatoms. The van der Waals surface area contributed by atoms with Crippen LogP contribution in [0.5, 0.6) is 0 Å². The van der Waals surface area contributed by atoms with E-state index >= 15 is 0 Å². The number of anilines is 1. The highest BCUT2D eigenvalue weighted by Crippen LogP contribution is 2.16. The summed E-state index contributed by atoms with van der Waals surface area (Å²) in [5.74, 6) is -1.04. The lowest BCUT2D eigenvalue weighted by Gasteiger charge is -2.08. The molecule has 1 aromatic rings. The molecule has 0 saturated heterocycles. The van der Waals surface area contributed by atoms with Crippen LogP contribution in [-0.2, 0) is 11.3 Å². The first-order valence-electron chi connectivity index (χ1n) is 5.81. The molecule has 0 bridgehead atoms. The van der Waals surface area contributed by atoms with Gasteiger partial charge in [-0.25, -0.2) is 4.79 Å². The van der Waals surface area contributed by atoms with Crippen molar-refractivity contribution in [2.75, 3.05) is 5.32 Å². The van der Waals surface area contributed by atoms with Crippen LogP contribution >= 0.6 is 0 Å². The maximum atomic E-state index is 11.4. The standard InChI is InChI=1S/C12H19N3O3/c1-7(2)5-15-6-9(4-10(15)12(17)18)14-11(16)8(3)13/h4,6-8H,5,13H2,1-3H3,(H,14,16)(H,17,18). The van der Waals surface area contributed by atoms with Gasteiger partial charge in [0.05, 0.1) is 11.7 Å². The van der Waals surface area contributed by atoms with Gasteiger partial charge in [-0.05, 0) is 18.9 Å². The van der Waals surface area contributed by atoms with E-state index in [0.717, 1.165) is 0 Å². The number of nitrogens with zero attached hydrogens (tertiary/aromatic N) is 1. The lowest BCUT2D eigenvalue weighted by molar-refractivity contribution is -0.117. The first-order valence-corrected chi connectivity index (χ1v) is 5.81. The Morgan fingerprint density at radius 1 is 1.44 bits per heavy atom. The molecule has 1 unspecified atom stereocenters. The molecule has 18 heavy (non-hydrogen) atoms. The highest BCUT2D eigenvalue weighted by Gasteiger charge is 2.15. The molecule has 1 amide bonds. The third kappa shape index (κ3) is 3.59. The summed E-state index contributed by atoms with van der Waals surface area (Å²) in [5.41, 5.74) is 6.04. The third-order valence-electron chi connectivity index (χ3n) is 2.36.